The summed E-state index contributed by atoms with van der Waals surface area (Å²) < 4.78 is 7.53. The molecule has 1 heterocycles. The Bertz CT molecular complexity index is 996. The lowest BCUT2D eigenvalue weighted by Crippen LogP contribution is -2.68. The maximum absolute atomic E-state index is 7.53. The number of hydroxylamine groups is 2. The van der Waals surface area contributed by atoms with Gasteiger partial charge in [-0.15, -0.1) is 0 Å². The Morgan fingerprint density at radius 1 is 0.818 bits per heavy atom. The second kappa shape index (κ2) is 9.19. The van der Waals surface area contributed by atoms with Crippen molar-refractivity contribution in [1.29, 1.82) is 0 Å². The first kappa shape index (κ1) is 22.5. The van der Waals surface area contributed by atoms with Gasteiger partial charge in [0, 0.05) is 12.5 Å². The van der Waals surface area contributed by atoms with Gasteiger partial charge in [-0.2, -0.15) is 5.06 Å². The van der Waals surface area contributed by atoms with Crippen molar-refractivity contribution in [2.24, 2.45) is 5.92 Å². The highest BCUT2D eigenvalue weighted by Gasteiger charge is 2.55. The van der Waals surface area contributed by atoms with Crippen molar-refractivity contribution >= 4 is 18.7 Å². The molecule has 3 atom stereocenters. The van der Waals surface area contributed by atoms with Gasteiger partial charge in [0.05, 0.1) is 18.8 Å². The van der Waals surface area contributed by atoms with Crippen LogP contribution in [0.3, 0.4) is 0 Å². The molecule has 2 fully saturated rings. The molecule has 3 aromatic carbocycles. The molecular formula is C29H35NO2Si. The van der Waals surface area contributed by atoms with Gasteiger partial charge in [-0.1, -0.05) is 112 Å². The zero-order valence-corrected chi connectivity index (χ0v) is 21.0. The summed E-state index contributed by atoms with van der Waals surface area (Å²) in [5, 5.41) is 4.90. The normalized spacial score (nSPS) is 23.5. The highest BCUT2D eigenvalue weighted by Crippen LogP contribution is 2.44. The topological polar surface area (TPSA) is 21.7 Å². The molecule has 0 amide bonds. The number of fused-ring (bicyclic) bond motifs is 1. The molecular weight excluding hydrogens is 422 g/mol. The number of hydrogen-bond acceptors (Lipinski definition) is 3. The second-order valence-electron chi connectivity index (χ2n) is 10.5. The lowest BCUT2D eigenvalue weighted by Gasteiger charge is -2.46. The van der Waals surface area contributed by atoms with E-state index in [1.807, 2.05) is 0 Å². The molecule has 1 aliphatic heterocycles. The van der Waals surface area contributed by atoms with Crippen molar-refractivity contribution in [3.05, 3.63) is 96.6 Å². The Morgan fingerprint density at radius 2 is 1.36 bits per heavy atom. The van der Waals surface area contributed by atoms with Crippen LogP contribution in [0.2, 0.25) is 5.04 Å². The first-order valence-electron chi connectivity index (χ1n) is 12.2. The van der Waals surface area contributed by atoms with Gasteiger partial charge in [-0.3, -0.25) is 4.84 Å². The van der Waals surface area contributed by atoms with Crippen molar-refractivity contribution < 1.29 is 9.26 Å². The van der Waals surface area contributed by atoms with Gasteiger partial charge in [0.1, 0.15) is 0 Å². The fourth-order valence-corrected chi connectivity index (χ4v) is 10.6. The van der Waals surface area contributed by atoms with E-state index in [1.165, 1.54) is 22.4 Å². The third-order valence-electron chi connectivity index (χ3n) is 7.40. The maximum atomic E-state index is 7.53. The quantitative estimate of drug-likeness (QED) is 0.478. The Morgan fingerprint density at radius 3 is 1.91 bits per heavy atom. The lowest BCUT2D eigenvalue weighted by atomic mass is 10.0. The van der Waals surface area contributed by atoms with Crippen LogP contribution in [0, 0.1) is 5.92 Å². The predicted octanol–water partition coefficient (Wildman–Crippen LogP) is 5.16. The summed E-state index contributed by atoms with van der Waals surface area (Å²) in [4.78, 5) is 6.23. The van der Waals surface area contributed by atoms with Crippen LogP contribution in [0.1, 0.15) is 39.2 Å². The molecule has 4 heteroatoms. The first-order chi connectivity index (χ1) is 16.0. The fourth-order valence-electron chi connectivity index (χ4n) is 5.86. The van der Waals surface area contributed by atoms with Crippen molar-refractivity contribution in [3.63, 3.8) is 0 Å². The van der Waals surface area contributed by atoms with Crippen LogP contribution < -0.4 is 10.4 Å². The summed E-state index contributed by atoms with van der Waals surface area (Å²) in [6.07, 6.45) is 2.42. The van der Waals surface area contributed by atoms with Gasteiger partial charge in [0.25, 0.3) is 8.32 Å². The Labute approximate surface area is 199 Å². The van der Waals surface area contributed by atoms with Gasteiger partial charge < -0.3 is 4.43 Å². The van der Waals surface area contributed by atoms with E-state index in [0.29, 0.717) is 12.0 Å². The van der Waals surface area contributed by atoms with Gasteiger partial charge in [0.2, 0.25) is 0 Å². The minimum absolute atomic E-state index is 0.0164. The molecule has 33 heavy (non-hydrogen) atoms. The SMILES string of the molecule is CC(C)(C)[Si](O[C@@H]1CC[C@H]2CON(Cc3ccccc3)[C@H]21)(c1ccccc1)c1ccccc1. The zero-order chi connectivity index (χ0) is 22.9. The van der Waals surface area contributed by atoms with Crippen LogP contribution in [0.25, 0.3) is 0 Å². The molecule has 1 saturated carbocycles. The third-order valence-corrected chi connectivity index (χ3v) is 12.5. The molecule has 0 radical (unpaired) electrons. The van der Waals surface area contributed by atoms with E-state index in [9.17, 15) is 0 Å². The number of rotatable bonds is 6. The van der Waals surface area contributed by atoms with Gasteiger partial charge >= 0.3 is 0 Å². The van der Waals surface area contributed by atoms with Crippen molar-refractivity contribution in [1.82, 2.24) is 5.06 Å². The molecule has 1 aliphatic carbocycles. The van der Waals surface area contributed by atoms with Crippen LogP contribution in [0.15, 0.2) is 91.0 Å². The molecule has 0 aromatic heterocycles. The average molecular weight is 458 g/mol. The first-order valence-corrected chi connectivity index (χ1v) is 14.1. The smallest absolute Gasteiger partial charge is 0.261 e. The lowest BCUT2D eigenvalue weighted by molar-refractivity contribution is -0.155. The van der Waals surface area contributed by atoms with Crippen molar-refractivity contribution in [2.75, 3.05) is 6.61 Å². The summed E-state index contributed by atoms with van der Waals surface area (Å²) in [7, 11) is -2.58. The minimum Gasteiger partial charge on any atom is -0.403 e. The summed E-state index contributed by atoms with van der Waals surface area (Å²) >= 11 is 0. The van der Waals surface area contributed by atoms with E-state index in [0.717, 1.165) is 19.6 Å². The van der Waals surface area contributed by atoms with Crippen LogP contribution >= 0.6 is 0 Å². The largest absolute Gasteiger partial charge is 0.403 e. The zero-order valence-electron chi connectivity index (χ0n) is 20.0. The molecule has 3 aromatic rings. The van der Waals surface area contributed by atoms with Crippen molar-refractivity contribution in [3.8, 4) is 0 Å². The molecule has 1 saturated heterocycles. The van der Waals surface area contributed by atoms with E-state index in [2.05, 4.69) is 117 Å². The van der Waals surface area contributed by atoms with Crippen LogP contribution in [0.5, 0.6) is 0 Å². The number of nitrogens with zero attached hydrogens (tertiary/aromatic N) is 1. The molecule has 2 aliphatic rings. The summed E-state index contributed by atoms with van der Waals surface area (Å²) in [5.41, 5.74) is 1.29. The molecule has 172 valence electrons. The van der Waals surface area contributed by atoms with Crippen LogP contribution in [0.4, 0.5) is 0 Å². The standard InChI is InChI=1S/C29H35NO2Si/c1-29(2,3)33(25-15-9-5-10-16-25,26-17-11-6-12-18-26)32-27-20-19-24-22-31-30(28(24)27)21-23-13-7-4-8-14-23/h4-18,24,27-28H,19-22H2,1-3H3/t24-,27+,28+/m0/s1. The Balaban J connectivity index is 1.53. The molecule has 0 spiro atoms. The van der Waals surface area contributed by atoms with E-state index in [4.69, 9.17) is 9.26 Å². The molecule has 0 bridgehead atoms. The van der Waals surface area contributed by atoms with Crippen LogP contribution in [-0.4, -0.2) is 32.1 Å². The minimum atomic E-state index is -2.58. The van der Waals surface area contributed by atoms with E-state index in [-0.39, 0.29) is 11.1 Å². The fraction of sp³-hybridized carbons (Fsp3) is 0.379. The van der Waals surface area contributed by atoms with E-state index in [1.54, 1.807) is 0 Å². The van der Waals surface area contributed by atoms with E-state index < -0.39 is 8.32 Å². The summed E-state index contributed by atoms with van der Waals surface area (Å²) in [6.45, 7) is 8.69. The van der Waals surface area contributed by atoms with Gasteiger partial charge in [0.15, 0.2) is 0 Å². The van der Waals surface area contributed by atoms with E-state index >= 15 is 0 Å². The third kappa shape index (κ3) is 4.21. The molecule has 0 N–H and O–H groups in total. The average Bonchev–Trinajstić information content (AvgIpc) is 3.41. The second-order valence-corrected chi connectivity index (χ2v) is 14.8. The molecule has 0 unspecified atom stereocenters. The maximum Gasteiger partial charge on any atom is 0.261 e. The Kier molecular flexibility index (Phi) is 6.28. The highest BCUT2D eigenvalue weighted by atomic mass is 28.4. The van der Waals surface area contributed by atoms with Gasteiger partial charge in [-0.25, -0.2) is 0 Å². The van der Waals surface area contributed by atoms with Crippen LogP contribution in [-0.2, 0) is 15.8 Å². The van der Waals surface area contributed by atoms with Gasteiger partial charge in [-0.05, 0) is 33.8 Å². The monoisotopic (exact) mass is 457 g/mol. The highest BCUT2D eigenvalue weighted by molar-refractivity contribution is 6.99. The molecule has 3 nitrogen and oxygen atoms in total. The summed E-state index contributed by atoms with van der Waals surface area (Å²) in [5.74, 6) is 0.539. The number of hydrogen-bond donors (Lipinski definition) is 0. The summed E-state index contributed by atoms with van der Waals surface area (Å²) in [6, 6.07) is 32.9. The van der Waals surface area contributed by atoms with Crippen molar-refractivity contribution in [2.45, 2.75) is 57.3 Å². The Hall–Kier alpha value is -2.24. The molecule has 5 rings (SSSR count). The predicted molar refractivity (Wildman–Crippen MR) is 137 cm³/mol. The number of benzene rings is 3.